The van der Waals surface area contributed by atoms with Crippen molar-refractivity contribution in [2.75, 3.05) is 6.61 Å². The molecule has 0 spiro atoms. The first kappa shape index (κ1) is 26.0. The van der Waals surface area contributed by atoms with Crippen molar-refractivity contribution >= 4 is 5.97 Å². The van der Waals surface area contributed by atoms with Crippen molar-refractivity contribution in [3.05, 3.63) is 105 Å². The number of fused-ring (bicyclic) bond motifs is 2. The Bertz CT molecular complexity index is 1700. The third-order valence-corrected chi connectivity index (χ3v) is 8.38. The van der Waals surface area contributed by atoms with Gasteiger partial charge in [-0.2, -0.15) is 0 Å². The van der Waals surface area contributed by atoms with Crippen LogP contribution in [0.25, 0.3) is 22.3 Å². The quantitative estimate of drug-likeness (QED) is 0.321. The number of hydrogen-bond donors (Lipinski definition) is 1. The molecule has 1 N–H and O–H groups in total. The van der Waals surface area contributed by atoms with Crippen molar-refractivity contribution in [2.45, 2.75) is 51.4 Å². The number of nitrogens with zero attached hydrogens (tertiary/aromatic N) is 2. The van der Waals surface area contributed by atoms with E-state index < -0.39 is 5.97 Å². The van der Waals surface area contributed by atoms with E-state index in [1.54, 1.807) is 29.9 Å². The molecule has 0 fully saturated rings. The second-order valence-electron chi connectivity index (χ2n) is 11.1. The first-order chi connectivity index (χ1) is 19.2. The Morgan fingerprint density at radius 3 is 2.60 bits per heavy atom. The number of halogens is 1. The summed E-state index contributed by atoms with van der Waals surface area (Å²) in [7, 11) is 1.75. The molecule has 2 aromatic heterocycles. The SMILES string of the molecule is Cc1cc(-c2ccc(=O)n(C)c2)cc(C)c1-c1ccc(F)c2c1CC[C@H]2Cc1cc2c(cn1)[C@H](CC(=O)O)CO2. The topological polar surface area (TPSA) is 81.4 Å². The Morgan fingerprint density at radius 1 is 1.10 bits per heavy atom. The fourth-order valence-electron chi connectivity index (χ4n) is 6.51. The van der Waals surface area contributed by atoms with Crippen LogP contribution in [0.1, 0.15) is 58.2 Å². The zero-order chi connectivity index (χ0) is 28.1. The number of rotatable bonds is 6. The predicted molar refractivity (Wildman–Crippen MR) is 151 cm³/mol. The van der Waals surface area contributed by atoms with Crippen LogP contribution in [0.2, 0.25) is 0 Å². The molecule has 1 aliphatic heterocycles. The van der Waals surface area contributed by atoms with Gasteiger partial charge in [0.2, 0.25) is 5.56 Å². The number of benzene rings is 2. The van der Waals surface area contributed by atoms with E-state index in [-0.39, 0.29) is 29.6 Å². The molecule has 2 aliphatic rings. The predicted octanol–water partition coefficient (Wildman–Crippen LogP) is 6.09. The van der Waals surface area contributed by atoms with Gasteiger partial charge in [-0.15, -0.1) is 0 Å². The summed E-state index contributed by atoms with van der Waals surface area (Å²) in [5.41, 5.74) is 9.87. The number of pyridine rings is 2. The second-order valence-corrected chi connectivity index (χ2v) is 11.1. The summed E-state index contributed by atoms with van der Waals surface area (Å²) >= 11 is 0. The summed E-state index contributed by atoms with van der Waals surface area (Å²) in [5, 5.41) is 9.16. The first-order valence-electron chi connectivity index (χ1n) is 13.6. The Labute approximate surface area is 232 Å². The summed E-state index contributed by atoms with van der Waals surface area (Å²) in [4.78, 5) is 27.6. The van der Waals surface area contributed by atoms with Gasteiger partial charge >= 0.3 is 5.97 Å². The van der Waals surface area contributed by atoms with Gasteiger partial charge in [-0.25, -0.2) is 4.39 Å². The number of aromatic nitrogens is 2. The molecule has 7 heteroatoms. The van der Waals surface area contributed by atoms with Crippen LogP contribution < -0.4 is 10.3 Å². The molecule has 0 saturated heterocycles. The number of carboxylic acids is 1. The van der Waals surface area contributed by atoms with Gasteiger partial charge in [0.15, 0.2) is 0 Å². The average molecular weight is 539 g/mol. The molecule has 40 heavy (non-hydrogen) atoms. The van der Waals surface area contributed by atoms with Crippen molar-refractivity contribution in [1.29, 1.82) is 0 Å². The molecule has 0 saturated carbocycles. The molecule has 2 atom stereocenters. The highest BCUT2D eigenvalue weighted by Gasteiger charge is 2.31. The van der Waals surface area contributed by atoms with Crippen LogP contribution in [0.5, 0.6) is 5.75 Å². The number of aryl methyl sites for hydroxylation is 3. The van der Waals surface area contributed by atoms with E-state index in [1.807, 2.05) is 24.4 Å². The number of ether oxygens (including phenoxy) is 1. The van der Waals surface area contributed by atoms with Gasteiger partial charge in [-0.3, -0.25) is 14.6 Å². The standard InChI is InChI=1S/C33H31FN2O4/c1-18-10-22(21-5-9-30(37)36(3)16-21)11-19(2)32(18)25-7-8-28(34)33-20(4-6-26(25)33)12-24-14-29-27(15-35-24)23(17-40-29)13-31(38)39/h5,7-11,14-16,20,23H,4,6,12-13,17H2,1-3H3,(H,38,39)/t20-,23+/m0/s1. The summed E-state index contributed by atoms with van der Waals surface area (Å²) in [6.07, 6.45) is 5.81. The van der Waals surface area contributed by atoms with Crippen LogP contribution >= 0.6 is 0 Å². The van der Waals surface area contributed by atoms with Crippen molar-refractivity contribution in [2.24, 2.45) is 7.05 Å². The molecule has 0 amide bonds. The molecule has 4 aromatic rings. The van der Waals surface area contributed by atoms with Gasteiger partial charge in [0.05, 0.1) is 13.0 Å². The molecule has 6 rings (SSSR count). The lowest BCUT2D eigenvalue weighted by Gasteiger charge is -2.18. The average Bonchev–Trinajstić information content (AvgIpc) is 3.51. The number of carbonyl (C=O) groups is 1. The molecule has 1 aliphatic carbocycles. The van der Waals surface area contributed by atoms with Crippen molar-refractivity contribution in [3.63, 3.8) is 0 Å². The maximum absolute atomic E-state index is 15.4. The number of aliphatic carboxylic acids is 1. The molecule has 6 nitrogen and oxygen atoms in total. The largest absolute Gasteiger partial charge is 0.493 e. The van der Waals surface area contributed by atoms with Crippen LogP contribution in [-0.2, 0) is 24.7 Å². The Morgan fingerprint density at radius 2 is 1.88 bits per heavy atom. The van der Waals surface area contributed by atoms with Crippen molar-refractivity contribution in [1.82, 2.24) is 9.55 Å². The van der Waals surface area contributed by atoms with Crippen LogP contribution in [0.3, 0.4) is 0 Å². The van der Waals surface area contributed by atoms with Crippen LogP contribution in [0, 0.1) is 19.7 Å². The van der Waals surface area contributed by atoms with Gasteiger partial charge in [0, 0.05) is 48.7 Å². The number of hydrogen-bond acceptors (Lipinski definition) is 4. The minimum Gasteiger partial charge on any atom is -0.493 e. The molecule has 204 valence electrons. The lowest BCUT2D eigenvalue weighted by atomic mass is 9.87. The smallest absolute Gasteiger partial charge is 0.304 e. The van der Waals surface area contributed by atoms with Crippen LogP contribution in [-0.4, -0.2) is 27.2 Å². The third kappa shape index (κ3) is 4.59. The van der Waals surface area contributed by atoms with Gasteiger partial charge in [-0.1, -0.05) is 18.2 Å². The first-order valence-corrected chi connectivity index (χ1v) is 13.6. The van der Waals surface area contributed by atoms with E-state index in [4.69, 9.17) is 9.84 Å². The molecular formula is C33H31FN2O4. The summed E-state index contributed by atoms with van der Waals surface area (Å²) in [6.45, 7) is 4.51. The van der Waals surface area contributed by atoms with E-state index in [2.05, 4.69) is 31.0 Å². The fraction of sp³-hybridized carbons (Fsp3) is 0.303. The van der Waals surface area contributed by atoms with Crippen molar-refractivity contribution < 1.29 is 19.0 Å². The molecule has 0 radical (unpaired) electrons. The Balaban J connectivity index is 1.31. The summed E-state index contributed by atoms with van der Waals surface area (Å²) < 4.78 is 22.7. The molecule has 2 aromatic carbocycles. The minimum absolute atomic E-state index is 0.00205. The zero-order valence-corrected chi connectivity index (χ0v) is 22.8. The fourth-order valence-corrected chi connectivity index (χ4v) is 6.51. The summed E-state index contributed by atoms with van der Waals surface area (Å²) in [6, 6.07) is 13.1. The highest BCUT2D eigenvalue weighted by Crippen LogP contribution is 2.45. The highest BCUT2D eigenvalue weighted by atomic mass is 19.1. The molecule has 0 unspecified atom stereocenters. The lowest BCUT2D eigenvalue weighted by Crippen LogP contribution is -2.13. The monoisotopic (exact) mass is 538 g/mol. The van der Waals surface area contributed by atoms with E-state index >= 15 is 4.39 Å². The lowest BCUT2D eigenvalue weighted by molar-refractivity contribution is -0.137. The van der Waals surface area contributed by atoms with Gasteiger partial charge in [0.25, 0.3) is 0 Å². The van der Waals surface area contributed by atoms with Crippen LogP contribution in [0.4, 0.5) is 4.39 Å². The van der Waals surface area contributed by atoms with Crippen molar-refractivity contribution in [3.8, 4) is 28.0 Å². The Hall–Kier alpha value is -4.26. The van der Waals surface area contributed by atoms with E-state index in [0.717, 1.165) is 68.6 Å². The molecule has 0 bridgehead atoms. The maximum atomic E-state index is 15.4. The summed E-state index contributed by atoms with van der Waals surface area (Å²) in [5.74, 6) is -0.535. The van der Waals surface area contributed by atoms with E-state index in [0.29, 0.717) is 18.8 Å². The van der Waals surface area contributed by atoms with Gasteiger partial charge in [-0.05, 0) is 95.7 Å². The number of carboxylic acid groups (broad SMARTS) is 1. The molecular weight excluding hydrogens is 507 g/mol. The highest BCUT2D eigenvalue weighted by molar-refractivity contribution is 5.79. The minimum atomic E-state index is -0.855. The maximum Gasteiger partial charge on any atom is 0.304 e. The Kier molecular flexibility index (Phi) is 6.53. The second kappa shape index (κ2) is 10.0. The van der Waals surface area contributed by atoms with E-state index in [9.17, 15) is 9.59 Å². The van der Waals surface area contributed by atoms with Gasteiger partial charge < -0.3 is 14.4 Å². The molecule has 3 heterocycles. The normalized spacial score (nSPS) is 17.4. The zero-order valence-electron chi connectivity index (χ0n) is 22.8. The van der Waals surface area contributed by atoms with E-state index in [1.165, 1.54) is 0 Å². The van der Waals surface area contributed by atoms with Crippen LogP contribution in [0.15, 0.2) is 59.7 Å². The third-order valence-electron chi connectivity index (χ3n) is 8.38. The van der Waals surface area contributed by atoms with Gasteiger partial charge in [0.1, 0.15) is 11.6 Å².